The van der Waals surface area contributed by atoms with Crippen LogP contribution in [0.15, 0.2) is 4.47 Å². The van der Waals surface area contributed by atoms with Crippen LogP contribution in [-0.2, 0) is 14.3 Å². The van der Waals surface area contributed by atoms with Crippen LogP contribution in [-0.4, -0.2) is 36.3 Å². The highest BCUT2D eigenvalue weighted by molar-refractivity contribution is 9.10. The van der Waals surface area contributed by atoms with Gasteiger partial charge in [-0.05, 0) is 75.7 Å². The van der Waals surface area contributed by atoms with Crippen molar-refractivity contribution in [3.8, 4) is 0 Å². The number of nitrogens with zero attached hydrogens (tertiary/aromatic N) is 2. The van der Waals surface area contributed by atoms with E-state index < -0.39 is 11.7 Å². The second-order valence-electron chi connectivity index (χ2n) is 9.37. The number of piperidine rings is 1. The SMILES string of the molecule is CCOC(=O)[C@@H](OC(C)(C)C)c1c(C)nc(C)c(Br)c1N1CCC(C)(C)CC1. The number of anilines is 1. The summed E-state index contributed by atoms with van der Waals surface area (Å²) in [6.45, 7) is 18.4. The van der Waals surface area contributed by atoms with Crippen LogP contribution in [0.4, 0.5) is 5.69 Å². The summed E-state index contributed by atoms with van der Waals surface area (Å²) in [7, 11) is 0. The zero-order valence-electron chi connectivity index (χ0n) is 18.6. The van der Waals surface area contributed by atoms with Crippen LogP contribution >= 0.6 is 15.9 Å². The third-order valence-corrected chi connectivity index (χ3v) is 6.12. The van der Waals surface area contributed by atoms with E-state index in [1.165, 1.54) is 0 Å². The Hall–Kier alpha value is -1.14. The molecule has 158 valence electrons. The zero-order valence-corrected chi connectivity index (χ0v) is 20.2. The Balaban J connectivity index is 2.60. The molecule has 1 fully saturated rings. The van der Waals surface area contributed by atoms with Crippen LogP contribution in [0.5, 0.6) is 0 Å². The van der Waals surface area contributed by atoms with Gasteiger partial charge in [0.05, 0.1) is 28.1 Å². The Bertz CT molecular complexity index is 715. The first-order valence-electron chi connectivity index (χ1n) is 10.1. The molecule has 0 saturated carbocycles. The molecule has 0 unspecified atom stereocenters. The zero-order chi connectivity index (χ0) is 21.3. The number of carbonyl (C=O) groups is 1. The van der Waals surface area contributed by atoms with Gasteiger partial charge in [0, 0.05) is 24.3 Å². The van der Waals surface area contributed by atoms with Crippen LogP contribution in [0.2, 0.25) is 0 Å². The van der Waals surface area contributed by atoms with Crippen LogP contribution in [0, 0.1) is 19.3 Å². The number of pyridine rings is 1. The Kier molecular flexibility index (Phi) is 7.19. The van der Waals surface area contributed by atoms with Crippen molar-refractivity contribution in [2.75, 3.05) is 24.6 Å². The number of rotatable bonds is 5. The minimum absolute atomic E-state index is 0.315. The lowest BCUT2D eigenvalue weighted by molar-refractivity contribution is -0.166. The number of aryl methyl sites for hydroxylation is 2. The average molecular weight is 455 g/mol. The highest BCUT2D eigenvalue weighted by Gasteiger charge is 2.36. The van der Waals surface area contributed by atoms with Crippen molar-refractivity contribution in [1.82, 2.24) is 4.98 Å². The highest BCUT2D eigenvalue weighted by atomic mass is 79.9. The van der Waals surface area contributed by atoms with Crippen molar-refractivity contribution >= 4 is 27.6 Å². The minimum Gasteiger partial charge on any atom is -0.464 e. The molecule has 2 heterocycles. The molecule has 1 aliphatic rings. The molecule has 0 N–H and O–H groups in total. The van der Waals surface area contributed by atoms with E-state index in [1.807, 2.05) is 41.5 Å². The van der Waals surface area contributed by atoms with Crippen LogP contribution < -0.4 is 4.90 Å². The number of esters is 1. The minimum atomic E-state index is -0.811. The maximum atomic E-state index is 12.9. The van der Waals surface area contributed by atoms with Gasteiger partial charge in [0.25, 0.3) is 0 Å². The molecule has 0 amide bonds. The van der Waals surface area contributed by atoms with Gasteiger partial charge in [-0.15, -0.1) is 0 Å². The Morgan fingerprint density at radius 1 is 1.21 bits per heavy atom. The van der Waals surface area contributed by atoms with Gasteiger partial charge < -0.3 is 14.4 Å². The maximum absolute atomic E-state index is 12.9. The maximum Gasteiger partial charge on any atom is 0.340 e. The standard InChI is InChI=1S/C22H35BrN2O3/c1-9-27-20(26)19(28-21(4,5)6)16-14(2)24-15(3)17(23)18(16)25-12-10-22(7,8)11-13-25/h19H,9-13H2,1-8H3/t19-/m0/s1. The Morgan fingerprint density at radius 2 is 1.79 bits per heavy atom. The van der Waals surface area contributed by atoms with Crippen molar-refractivity contribution < 1.29 is 14.3 Å². The summed E-state index contributed by atoms with van der Waals surface area (Å²) in [4.78, 5) is 20.0. The van der Waals surface area contributed by atoms with Crippen LogP contribution in [0.1, 0.15) is 77.4 Å². The number of halogens is 1. The summed E-state index contributed by atoms with van der Waals surface area (Å²) in [5.41, 5.74) is 3.39. The van der Waals surface area contributed by atoms with Crippen LogP contribution in [0.3, 0.4) is 0 Å². The predicted molar refractivity (Wildman–Crippen MR) is 117 cm³/mol. The van der Waals surface area contributed by atoms with Crippen molar-refractivity contribution in [3.63, 3.8) is 0 Å². The number of carbonyl (C=O) groups excluding carboxylic acids is 1. The molecule has 1 atom stereocenters. The average Bonchev–Trinajstić information content (AvgIpc) is 2.56. The smallest absolute Gasteiger partial charge is 0.340 e. The third kappa shape index (κ3) is 5.47. The van der Waals surface area contributed by atoms with Crippen molar-refractivity contribution in [1.29, 1.82) is 0 Å². The van der Waals surface area contributed by atoms with Gasteiger partial charge in [0.2, 0.25) is 0 Å². The molecular formula is C22H35BrN2O3. The second-order valence-corrected chi connectivity index (χ2v) is 10.2. The third-order valence-electron chi connectivity index (χ3n) is 5.17. The molecule has 0 spiro atoms. The van der Waals surface area contributed by atoms with E-state index in [0.29, 0.717) is 12.0 Å². The number of ether oxygens (including phenoxy) is 2. The normalized spacial score (nSPS) is 18.1. The molecule has 0 aromatic carbocycles. The Labute approximate surface area is 178 Å². The predicted octanol–water partition coefficient (Wildman–Crippen LogP) is 5.51. The van der Waals surface area contributed by atoms with Crippen molar-refractivity contribution in [2.45, 2.75) is 79.9 Å². The second kappa shape index (κ2) is 8.70. The molecule has 0 bridgehead atoms. The molecule has 1 aliphatic heterocycles. The molecular weight excluding hydrogens is 420 g/mol. The topological polar surface area (TPSA) is 51.7 Å². The molecule has 1 aromatic rings. The van der Waals surface area contributed by atoms with Crippen LogP contribution in [0.25, 0.3) is 0 Å². The fourth-order valence-corrected chi connectivity index (χ4v) is 4.13. The summed E-state index contributed by atoms with van der Waals surface area (Å²) >= 11 is 3.75. The first kappa shape index (κ1) is 23.1. The van der Waals surface area contributed by atoms with E-state index in [9.17, 15) is 4.79 Å². The van der Waals surface area contributed by atoms with Gasteiger partial charge in [-0.1, -0.05) is 13.8 Å². The van der Waals surface area contributed by atoms with Crippen molar-refractivity contribution in [3.05, 3.63) is 21.4 Å². The quantitative estimate of drug-likeness (QED) is 0.549. The lowest BCUT2D eigenvalue weighted by Gasteiger charge is -2.40. The molecule has 5 nitrogen and oxygen atoms in total. The van der Waals surface area contributed by atoms with E-state index in [2.05, 4.69) is 39.7 Å². The van der Waals surface area contributed by atoms with Gasteiger partial charge in [-0.25, -0.2) is 4.79 Å². The highest BCUT2D eigenvalue weighted by Crippen LogP contribution is 2.43. The van der Waals surface area contributed by atoms with Gasteiger partial charge >= 0.3 is 5.97 Å². The summed E-state index contributed by atoms with van der Waals surface area (Å²) in [5.74, 6) is -0.364. The van der Waals surface area contributed by atoms with E-state index >= 15 is 0 Å². The summed E-state index contributed by atoms with van der Waals surface area (Å²) in [6, 6.07) is 0. The molecule has 1 saturated heterocycles. The van der Waals surface area contributed by atoms with Gasteiger partial charge in [-0.3, -0.25) is 4.98 Å². The fraction of sp³-hybridized carbons (Fsp3) is 0.727. The summed E-state index contributed by atoms with van der Waals surface area (Å²) in [5, 5.41) is 0. The van der Waals surface area contributed by atoms with E-state index in [-0.39, 0.29) is 5.97 Å². The largest absolute Gasteiger partial charge is 0.464 e. The van der Waals surface area contributed by atoms with Gasteiger partial charge in [0.1, 0.15) is 0 Å². The van der Waals surface area contributed by atoms with Gasteiger partial charge in [-0.2, -0.15) is 0 Å². The first-order valence-corrected chi connectivity index (χ1v) is 10.9. The molecule has 2 rings (SSSR count). The molecule has 0 aliphatic carbocycles. The van der Waals surface area contributed by atoms with Gasteiger partial charge in [0.15, 0.2) is 6.10 Å². The molecule has 6 heteroatoms. The monoisotopic (exact) mass is 454 g/mol. The number of hydrogen-bond acceptors (Lipinski definition) is 5. The lowest BCUT2D eigenvalue weighted by Crippen LogP contribution is -2.39. The van der Waals surface area contributed by atoms with E-state index in [4.69, 9.17) is 9.47 Å². The Morgan fingerprint density at radius 3 is 2.29 bits per heavy atom. The van der Waals surface area contributed by atoms with E-state index in [1.54, 1.807) is 0 Å². The number of hydrogen-bond donors (Lipinski definition) is 0. The molecule has 28 heavy (non-hydrogen) atoms. The number of aromatic nitrogens is 1. The molecule has 1 aromatic heterocycles. The summed E-state index contributed by atoms with van der Waals surface area (Å²) in [6.07, 6.45) is 1.39. The van der Waals surface area contributed by atoms with E-state index in [0.717, 1.165) is 53.0 Å². The molecule has 0 radical (unpaired) electrons. The lowest BCUT2D eigenvalue weighted by atomic mass is 9.82. The fourth-order valence-electron chi connectivity index (χ4n) is 3.58. The summed E-state index contributed by atoms with van der Waals surface area (Å²) < 4.78 is 12.5. The van der Waals surface area contributed by atoms with Crippen molar-refractivity contribution in [2.24, 2.45) is 5.41 Å². The first-order chi connectivity index (χ1) is 12.9.